The van der Waals surface area contributed by atoms with Gasteiger partial charge in [-0.25, -0.2) is 8.42 Å². The quantitative estimate of drug-likeness (QED) is 0.764. The van der Waals surface area contributed by atoms with Gasteiger partial charge in [0.25, 0.3) is 0 Å². The molecule has 0 amide bonds. The van der Waals surface area contributed by atoms with Crippen LogP contribution in [0.2, 0.25) is 0 Å². The molecule has 1 heterocycles. The van der Waals surface area contributed by atoms with Crippen LogP contribution in [0.4, 0.5) is 0 Å². The molecule has 3 aromatic rings. The summed E-state index contributed by atoms with van der Waals surface area (Å²) in [6, 6.07) is 19.2. The molecule has 2 aromatic carbocycles. The van der Waals surface area contributed by atoms with Crippen molar-refractivity contribution >= 4 is 10.0 Å². The summed E-state index contributed by atoms with van der Waals surface area (Å²) < 4.78 is 33.9. The molecule has 124 valence electrons. The van der Waals surface area contributed by atoms with Gasteiger partial charge in [0, 0.05) is 0 Å². The van der Waals surface area contributed by atoms with Crippen molar-refractivity contribution in [3.05, 3.63) is 89.4 Å². The Morgan fingerprint density at radius 2 is 1.54 bits per heavy atom. The number of hydrogen-bond acceptors (Lipinski definition) is 3. The number of hydrogen-bond donors (Lipinski definition) is 1. The van der Waals surface area contributed by atoms with Gasteiger partial charge in [0.1, 0.15) is 17.6 Å². The van der Waals surface area contributed by atoms with E-state index in [0.29, 0.717) is 5.76 Å². The number of furan rings is 1. The van der Waals surface area contributed by atoms with Crippen molar-refractivity contribution in [2.45, 2.75) is 24.8 Å². The van der Waals surface area contributed by atoms with E-state index in [9.17, 15) is 8.42 Å². The minimum Gasteiger partial charge on any atom is -0.464 e. The van der Waals surface area contributed by atoms with Crippen LogP contribution in [-0.4, -0.2) is 8.42 Å². The standard InChI is InChI=1S/C19H19NO3S/c1-14-8-11-17(12-9-14)24(21,22)20-19(16-6-4-3-5-7-16)18-13-10-15(2)23-18/h3-13,19-20H,1-2H3. The molecule has 1 N–H and O–H groups in total. The van der Waals surface area contributed by atoms with E-state index in [1.807, 2.05) is 50.2 Å². The highest BCUT2D eigenvalue weighted by atomic mass is 32.2. The van der Waals surface area contributed by atoms with Gasteiger partial charge in [0.15, 0.2) is 0 Å². The highest BCUT2D eigenvalue weighted by molar-refractivity contribution is 7.89. The van der Waals surface area contributed by atoms with Crippen molar-refractivity contribution in [3.63, 3.8) is 0 Å². The Bertz CT molecular complexity index is 913. The predicted molar refractivity (Wildman–Crippen MR) is 93.2 cm³/mol. The molecular weight excluding hydrogens is 322 g/mol. The van der Waals surface area contributed by atoms with Gasteiger partial charge in [0.05, 0.1) is 4.90 Å². The molecule has 0 radical (unpaired) electrons. The van der Waals surface area contributed by atoms with Crippen molar-refractivity contribution in [2.75, 3.05) is 0 Å². The van der Waals surface area contributed by atoms with E-state index in [1.165, 1.54) is 0 Å². The molecule has 0 saturated carbocycles. The second-order valence-electron chi connectivity index (χ2n) is 5.73. The van der Waals surface area contributed by atoms with E-state index in [2.05, 4.69) is 4.72 Å². The van der Waals surface area contributed by atoms with Crippen LogP contribution >= 0.6 is 0 Å². The Morgan fingerprint density at radius 3 is 2.12 bits per heavy atom. The minimum atomic E-state index is -3.67. The summed E-state index contributed by atoms with van der Waals surface area (Å²) >= 11 is 0. The van der Waals surface area contributed by atoms with E-state index in [-0.39, 0.29) is 4.90 Å². The summed E-state index contributed by atoms with van der Waals surface area (Å²) in [6.45, 7) is 3.75. The first kappa shape index (κ1) is 16.5. The molecule has 24 heavy (non-hydrogen) atoms. The molecular formula is C19H19NO3S. The molecule has 0 saturated heterocycles. The zero-order valence-electron chi connectivity index (χ0n) is 13.6. The third-order valence-corrected chi connectivity index (χ3v) is 5.22. The fourth-order valence-corrected chi connectivity index (χ4v) is 3.68. The molecule has 0 spiro atoms. The smallest absolute Gasteiger partial charge is 0.241 e. The largest absolute Gasteiger partial charge is 0.464 e. The van der Waals surface area contributed by atoms with Crippen molar-refractivity contribution in [1.29, 1.82) is 0 Å². The Kier molecular flexibility index (Phi) is 4.55. The van der Waals surface area contributed by atoms with Crippen LogP contribution in [0.25, 0.3) is 0 Å². The maximum absolute atomic E-state index is 12.8. The van der Waals surface area contributed by atoms with Crippen LogP contribution in [0.5, 0.6) is 0 Å². The number of rotatable bonds is 5. The average Bonchev–Trinajstić information content (AvgIpc) is 3.00. The van der Waals surface area contributed by atoms with Gasteiger partial charge in [0.2, 0.25) is 10.0 Å². The van der Waals surface area contributed by atoms with E-state index < -0.39 is 16.1 Å². The van der Waals surface area contributed by atoms with Gasteiger partial charge < -0.3 is 4.42 Å². The highest BCUT2D eigenvalue weighted by Gasteiger charge is 2.25. The van der Waals surface area contributed by atoms with Gasteiger partial charge >= 0.3 is 0 Å². The summed E-state index contributed by atoms with van der Waals surface area (Å²) in [4.78, 5) is 0.234. The number of sulfonamides is 1. The molecule has 0 aliphatic carbocycles. The van der Waals surface area contributed by atoms with Crippen molar-refractivity contribution in [3.8, 4) is 0 Å². The summed E-state index contributed by atoms with van der Waals surface area (Å²) in [5, 5.41) is 0. The SMILES string of the molecule is Cc1ccc(S(=O)(=O)NC(c2ccccc2)c2ccc(C)o2)cc1. The molecule has 1 unspecified atom stereocenters. The normalized spacial score (nSPS) is 12.9. The van der Waals surface area contributed by atoms with E-state index >= 15 is 0 Å². The van der Waals surface area contributed by atoms with Crippen LogP contribution in [0.1, 0.15) is 28.7 Å². The van der Waals surface area contributed by atoms with Crippen molar-refractivity contribution < 1.29 is 12.8 Å². The Hall–Kier alpha value is -2.37. The highest BCUT2D eigenvalue weighted by Crippen LogP contribution is 2.26. The van der Waals surface area contributed by atoms with Gasteiger partial charge in [-0.05, 0) is 43.7 Å². The molecule has 4 nitrogen and oxygen atoms in total. The number of benzene rings is 2. The molecule has 0 bridgehead atoms. The number of nitrogens with one attached hydrogen (secondary N) is 1. The fraction of sp³-hybridized carbons (Fsp3) is 0.158. The second kappa shape index (κ2) is 6.63. The minimum absolute atomic E-state index is 0.234. The molecule has 0 aliphatic rings. The first-order chi connectivity index (χ1) is 11.5. The topological polar surface area (TPSA) is 59.3 Å². The van der Waals surface area contributed by atoms with Gasteiger partial charge in [-0.1, -0.05) is 48.0 Å². The Morgan fingerprint density at radius 1 is 0.875 bits per heavy atom. The zero-order valence-corrected chi connectivity index (χ0v) is 14.4. The monoisotopic (exact) mass is 341 g/mol. The lowest BCUT2D eigenvalue weighted by Gasteiger charge is -2.17. The summed E-state index contributed by atoms with van der Waals surface area (Å²) in [6.07, 6.45) is 0. The molecule has 3 rings (SSSR count). The molecule has 1 aromatic heterocycles. The first-order valence-corrected chi connectivity index (χ1v) is 9.14. The lowest BCUT2D eigenvalue weighted by molar-refractivity contribution is 0.451. The van der Waals surface area contributed by atoms with E-state index in [4.69, 9.17) is 4.42 Å². The van der Waals surface area contributed by atoms with Gasteiger partial charge in [-0.2, -0.15) is 4.72 Å². The van der Waals surface area contributed by atoms with E-state index in [0.717, 1.165) is 16.9 Å². The van der Waals surface area contributed by atoms with Crippen LogP contribution in [-0.2, 0) is 10.0 Å². The molecule has 5 heteroatoms. The maximum atomic E-state index is 12.8. The second-order valence-corrected chi connectivity index (χ2v) is 7.44. The van der Waals surface area contributed by atoms with Crippen molar-refractivity contribution in [2.24, 2.45) is 0 Å². The zero-order chi connectivity index (χ0) is 17.2. The first-order valence-electron chi connectivity index (χ1n) is 7.66. The molecule has 0 fully saturated rings. The maximum Gasteiger partial charge on any atom is 0.241 e. The summed E-state index contributed by atoms with van der Waals surface area (Å²) in [5.41, 5.74) is 1.83. The number of aryl methyl sites for hydroxylation is 2. The summed E-state index contributed by atoms with van der Waals surface area (Å²) in [7, 11) is -3.67. The molecule has 0 aliphatic heterocycles. The van der Waals surface area contributed by atoms with Crippen LogP contribution in [0.3, 0.4) is 0 Å². The van der Waals surface area contributed by atoms with Crippen LogP contribution in [0, 0.1) is 13.8 Å². The van der Waals surface area contributed by atoms with Crippen LogP contribution in [0.15, 0.2) is 76.0 Å². The Labute approximate surface area is 142 Å². The van der Waals surface area contributed by atoms with Gasteiger partial charge in [-0.3, -0.25) is 0 Å². The lowest BCUT2D eigenvalue weighted by atomic mass is 10.1. The lowest BCUT2D eigenvalue weighted by Crippen LogP contribution is -2.29. The van der Waals surface area contributed by atoms with E-state index in [1.54, 1.807) is 30.3 Å². The third kappa shape index (κ3) is 3.58. The third-order valence-electron chi connectivity index (χ3n) is 3.78. The Balaban J connectivity index is 1.99. The van der Waals surface area contributed by atoms with Crippen molar-refractivity contribution in [1.82, 2.24) is 4.72 Å². The van der Waals surface area contributed by atoms with Crippen LogP contribution < -0.4 is 4.72 Å². The van der Waals surface area contributed by atoms with Gasteiger partial charge in [-0.15, -0.1) is 0 Å². The molecule has 1 atom stereocenters. The predicted octanol–water partition coefficient (Wildman–Crippen LogP) is 3.96. The fourth-order valence-electron chi connectivity index (χ4n) is 2.49. The summed E-state index contributed by atoms with van der Waals surface area (Å²) in [5.74, 6) is 1.30. The average molecular weight is 341 g/mol.